The lowest BCUT2D eigenvalue weighted by molar-refractivity contribution is -0.121. The van der Waals surface area contributed by atoms with E-state index in [1.165, 1.54) is 0 Å². The number of aromatic nitrogens is 2. The molecule has 120 valence electrons. The van der Waals surface area contributed by atoms with Gasteiger partial charge in [-0.25, -0.2) is 4.98 Å². The molecule has 1 amide bonds. The van der Waals surface area contributed by atoms with E-state index >= 15 is 0 Å². The van der Waals surface area contributed by atoms with E-state index in [0.717, 1.165) is 43.9 Å². The molecule has 5 heteroatoms. The minimum Gasteiger partial charge on any atom is -0.310 e. The topological polar surface area (TPSA) is 58.1 Å². The van der Waals surface area contributed by atoms with Gasteiger partial charge in [0.05, 0.1) is 11.6 Å². The van der Waals surface area contributed by atoms with Crippen LogP contribution in [0.2, 0.25) is 0 Å². The number of carbonyl (C=O) groups is 1. The van der Waals surface area contributed by atoms with Gasteiger partial charge in [-0.15, -0.1) is 0 Å². The molecular formula is C18H22N4O. The second-order valence-electron chi connectivity index (χ2n) is 6.05. The Hall–Kier alpha value is -2.27. The van der Waals surface area contributed by atoms with Crippen molar-refractivity contribution in [3.63, 3.8) is 0 Å². The lowest BCUT2D eigenvalue weighted by atomic mass is 9.97. The van der Waals surface area contributed by atoms with E-state index in [0.29, 0.717) is 5.82 Å². The summed E-state index contributed by atoms with van der Waals surface area (Å²) in [6.07, 6.45) is 3.77. The summed E-state index contributed by atoms with van der Waals surface area (Å²) < 4.78 is 0. The van der Waals surface area contributed by atoms with E-state index in [9.17, 15) is 4.79 Å². The van der Waals surface area contributed by atoms with E-state index in [-0.39, 0.29) is 11.8 Å². The van der Waals surface area contributed by atoms with Crippen LogP contribution >= 0.6 is 0 Å². The third-order valence-corrected chi connectivity index (χ3v) is 4.13. The molecule has 0 unspecified atom stereocenters. The van der Waals surface area contributed by atoms with Crippen LogP contribution in [0.1, 0.15) is 24.2 Å². The summed E-state index contributed by atoms with van der Waals surface area (Å²) in [5.74, 6) is 0.709. The summed E-state index contributed by atoms with van der Waals surface area (Å²) >= 11 is 0. The second kappa shape index (κ2) is 7.33. The van der Waals surface area contributed by atoms with E-state index in [4.69, 9.17) is 0 Å². The van der Waals surface area contributed by atoms with Crippen LogP contribution in [-0.4, -0.2) is 33.9 Å². The summed E-state index contributed by atoms with van der Waals surface area (Å²) in [4.78, 5) is 23.5. The molecule has 0 aliphatic carbocycles. The summed E-state index contributed by atoms with van der Waals surface area (Å²) in [5, 5.41) is 2.94. The second-order valence-corrected chi connectivity index (χ2v) is 6.05. The first-order valence-corrected chi connectivity index (χ1v) is 8.07. The molecule has 0 aromatic carbocycles. The number of anilines is 1. The highest BCUT2D eigenvalue weighted by molar-refractivity contribution is 5.91. The molecule has 0 radical (unpaired) electrons. The number of amides is 1. The Kier molecular flexibility index (Phi) is 4.98. The summed E-state index contributed by atoms with van der Waals surface area (Å²) in [6, 6.07) is 11.6. The lowest BCUT2D eigenvalue weighted by Crippen LogP contribution is -2.40. The maximum Gasteiger partial charge on any atom is 0.229 e. The molecule has 1 saturated heterocycles. The van der Waals surface area contributed by atoms with E-state index in [1.807, 2.05) is 49.5 Å². The van der Waals surface area contributed by atoms with Gasteiger partial charge in [0.2, 0.25) is 5.91 Å². The predicted molar refractivity (Wildman–Crippen MR) is 89.8 cm³/mol. The van der Waals surface area contributed by atoms with E-state index in [1.54, 1.807) is 0 Å². The van der Waals surface area contributed by atoms with Crippen LogP contribution in [0, 0.1) is 12.8 Å². The zero-order valence-electron chi connectivity index (χ0n) is 13.4. The molecule has 1 aliphatic rings. The monoisotopic (exact) mass is 310 g/mol. The average molecular weight is 310 g/mol. The van der Waals surface area contributed by atoms with Gasteiger partial charge in [-0.3, -0.25) is 14.7 Å². The summed E-state index contributed by atoms with van der Waals surface area (Å²) in [5.41, 5.74) is 1.96. The fraction of sp³-hybridized carbons (Fsp3) is 0.389. The van der Waals surface area contributed by atoms with Gasteiger partial charge in [0.15, 0.2) is 0 Å². The first kappa shape index (κ1) is 15.6. The van der Waals surface area contributed by atoms with Crippen molar-refractivity contribution in [3.05, 3.63) is 54.0 Å². The van der Waals surface area contributed by atoms with Crippen LogP contribution in [-0.2, 0) is 11.3 Å². The molecule has 3 rings (SSSR count). The first-order valence-electron chi connectivity index (χ1n) is 8.07. The van der Waals surface area contributed by atoms with Crippen LogP contribution < -0.4 is 5.32 Å². The molecule has 1 aliphatic heterocycles. The Morgan fingerprint density at radius 1 is 1.30 bits per heavy atom. The van der Waals surface area contributed by atoms with Crippen molar-refractivity contribution in [2.75, 3.05) is 18.4 Å². The molecule has 1 atom stereocenters. The first-order chi connectivity index (χ1) is 11.2. The van der Waals surface area contributed by atoms with Crippen LogP contribution in [0.3, 0.4) is 0 Å². The number of likely N-dealkylation sites (tertiary alicyclic amines) is 1. The zero-order chi connectivity index (χ0) is 16.1. The van der Waals surface area contributed by atoms with E-state index < -0.39 is 0 Å². The quantitative estimate of drug-likeness (QED) is 0.943. The fourth-order valence-electron chi connectivity index (χ4n) is 2.97. The minimum absolute atomic E-state index is 0.00905. The number of rotatable bonds is 4. The van der Waals surface area contributed by atoms with Crippen molar-refractivity contribution >= 4 is 11.7 Å². The van der Waals surface area contributed by atoms with Crippen LogP contribution in [0.25, 0.3) is 0 Å². The molecule has 3 heterocycles. The number of piperidine rings is 1. The number of nitrogens with zero attached hydrogens (tertiary/aromatic N) is 3. The van der Waals surface area contributed by atoms with Gasteiger partial charge in [-0.2, -0.15) is 0 Å². The highest BCUT2D eigenvalue weighted by Gasteiger charge is 2.26. The Bertz CT molecular complexity index is 659. The number of nitrogens with one attached hydrogen (secondary N) is 1. The Morgan fingerprint density at radius 3 is 3.00 bits per heavy atom. The van der Waals surface area contributed by atoms with Crippen molar-refractivity contribution in [2.24, 2.45) is 5.92 Å². The van der Waals surface area contributed by atoms with Crippen LogP contribution in [0.4, 0.5) is 5.82 Å². The SMILES string of the molecule is Cc1cccc(NC(=O)[C@@H]2CCCN(Cc3ccccn3)C2)n1. The highest BCUT2D eigenvalue weighted by atomic mass is 16.2. The van der Waals surface area contributed by atoms with Crippen LogP contribution in [0.5, 0.6) is 0 Å². The van der Waals surface area contributed by atoms with Gasteiger partial charge in [0.1, 0.15) is 5.82 Å². The van der Waals surface area contributed by atoms with Gasteiger partial charge in [-0.1, -0.05) is 12.1 Å². The predicted octanol–water partition coefficient (Wildman–Crippen LogP) is 2.64. The van der Waals surface area contributed by atoms with E-state index in [2.05, 4.69) is 20.2 Å². The molecule has 2 aromatic rings. The number of carbonyl (C=O) groups excluding carboxylic acids is 1. The van der Waals surface area contributed by atoms with Gasteiger partial charge < -0.3 is 5.32 Å². The van der Waals surface area contributed by atoms with Gasteiger partial charge in [0, 0.05) is 25.0 Å². The molecule has 1 fully saturated rings. The van der Waals surface area contributed by atoms with Crippen molar-refractivity contribution in [3.8, 4) is 0 Å². The van der Waals surface area contributed by atoms with Gasteiger partial charge in [-0.05, 0) is 50.6 Å². The normalized spacial score (nSPS) is 18.6. The zero-order valence-corrected chi connectivity index (χ0v) is 13.4. The Balaban J connectivity index is 1.58. The van der Waals surface area contributed by atoms with Crippen molar-refractivity contribution in [2.45, 2.75) is 26.3 Å². The number of aryl methyl sites for hydroxylation is 1. The third kappa shape index (κ3) is 4.36. The maximum atomic E-state index is 12.5. The molecule has 1 N–H and O–H groups in total. The fourth-order valence-corrected chi connectivity index (χ4v) is 2.97. The largest absolute Gasteiger partial charge is 0.310 e. The maximum absolute atomic E-state index is 12.5. The number of pyridine rings is 2. The molecule has 0 bridgehead atoms. The number of hydrogen-bond acceptors (Lipinski definition) is 4. The molecule has 0 saturated carbocycles. The summed E-state index contributed by atoms with van der Waals surface area (Å²) in [6.45, 7) is 4.51. The number of hydrogen-bond donors (Lipinski definition) is 1. The van der Waals surface area contributed by atoms with Gasteiger partial charge >= 0.3 is 0 Å². The average Bonchev–Trinajstić information content (AvgIpc) is 2.56. The minimum atomic E-state index is 0.00905. The molecule has 2 aromatic heterocycles. The van der Waals surface area contributed by atoms with Crippen molar-refractivity contribution < 1.29 is 4.79 Å². The van der Waals surface area contributed by atoms with Crippen molar-refractivity contribution in [1.29, 1.82) is 0 Å². The van der Waals surface area contributed by atoms with Crippen LogP contribution in [0.15, 0.2) is 42.6 Å². The lowest BCUT2D eigenvalue weighted by Gasteiger charge is -2.31. The van der Waals surface area contributed by atoms with Crippen molar-refractivity contribution in [1.82, 2.24) is 14.9 Å². The highest BCUT2D eigenvalue weighted by Crippen LogP contribution is 2.19. The Morgan fingerprint density at radius 2 is 2.22 bits per heavy atom. The third-order valence-electron chi connectivity index (χ3n) is 4.13. The molecule has 23 heavy (non-hydrogen) atoms. The standard InChI is InChI=1S/C18H22N4O/c1-14-6-4-9-17(20-14)21-18(23)15-7-5-11-22(12-15)13-16-8-2-3-10-19-16/h2-4,6,8-10,15H,5,7,11-13H2,1H3,(H,20,21,23)/t15-/m1/s1. The van der Waals surface area contributed by atoms with Gasteiger partial charge in [0.25, 0.3) is 0 Å². The Labute approximate surface area is 136 Å². The summed E-state index contributed by atoms with van der Waals surface area (Å²) in [7, 11) is 0. The smallest absolute Gasteiger partial charge is 0.229 e. The molecular weight excluding hydrogens is 288 g/mol. The molecule has 5 nitrogen and oxygen atoms in total. The molecule has 0 spiro atoms.